The SMILES string of the molecule is COc1ccc(NS(=O)(=O)c2cc([N+](=O)[O-])ccc2NN=C(C)c2ccccc2OC)cc1. The molecule has 0 bridgehead atoms. The Bertz CT molecular complexity index is 1290. The number of non-ortho nitro benzene ring substituents is 1. The molecule has 0 aliphatic carbocycles. The smallest absolute Gasteiger partial charge is 0.270 e. The van der Waals surface area contributed by atoms with Crippen molar-refractivity contribution in [3.05, 3.63) is 82.4 Å². The Kier molecular flexibility index (Phi) is 7.13. The number of para-hydroxylation sites is 1. The van der Waals surface area contributed by atoms with Gasteiger partial charge in [-0.25, -0.2) is 8.42 Å². The van der Waals surface area contributed by atoms with Gasteiger partial charge in [0, 0.05) is 23.4 Å². The summed E-state index contributed by atoms with van der Waals surface area (Å²) in [6.45, 7) is 1.72. The highest BCUT2D eigenvalue weighted by Gasteiger charge is 2.23. The molecule has 0 unspecified atom stereocenters. The summed E-state index contributed by atoms with van der Waals surface area (Å²) in [4.78, 5) is 10.3. The minimum atomic E-state index is -4.20. The molecule has 0 saturated carbocycles. The van der Waals surface area contributed by atoms with Crippen LogP contribution in [0.3, 0.4) is 0 Å². The van der Waals surface area contributed by atoms with Gasteiger partial charge in [-0.2, -0.15) is 5.10 Å². The van der Waals surface area contributed by atoms with Crippen molar-refractivity contribution in [2.24, 2.45) is 5.10 Å². The molecule has 33 heavy (non-hydrogen) atoms. The predicted octanol–water partition coefficient (Wildman–Crippen LogP) is 4.25. The van der Waals surface area contributed by atoms with E-state index < -0.39 is 14.9 Å². The quantitative estimate of drug-likeness (QED) is 0.271. The number of benzene rings is 3. The van der Waals surface area contributed by atoms with Crippen LogP contribution in [-0.4, -0.2) is 33.3 Å². The Hall–Kier alpha value is -4.12. The maximum Gasteiger partial charge on any atom is 0.270 e. The van der Waals surface area contributed by atoms with Gasteiger partial charge in [-0.15, -0.1) is 0 Å². The van der Waals surface area contributed by atoms with Gasteiger partial charge in [-0.05, 0) is 49.4 Å². The lowest BCUT2D eigenvalue weighted by molar-refractivity contribution is -0.385. The van der Waals surface area contributed by atoms with E-state index in [-0.39, 0.29) is 22.0 Å². The molecule has 10 nitrogen and oxygen atoms in total. The molecular formula is C22H22N4O6S. The van der Waals surface area contributed by atoms with Gasteiger partial charge in [-0.3, -0.25) is 20.3 Å². The first-order valence-electron chi connectivity index (χ1n) is 9.64. The highest BCUT2D eigenvalue weighted by molar-refractivity contribution is 7.92. The Morgan fingerprint density at radius 1 is 1.00 bits per heavy atom. The molecule has 0 aromatic heterocycles. The van der Waals surface area contributed by atoms with Gasteiger partial charge >= 0.3 is 0 Å². The second-order valence-corrected chi connectivity index (χ2v) is 8.43. The van der Waals surface area contributed by atoms with Gasteiger partial charge in [0.05, 0.1) is 30.5 Å². The number of hydrogen-bond acceptors (Lipinski definition) is 8. The Balaban J connectivity index is 1.98. The van der Waals surface area contributed by atoms with Crippen LogP contribution in [0.4, 0.5) is 17.1 Å². The van der Waals surface area contributed by atoms with Crippen LogP contribution in [0, 0.1) is 10.1 Å². The fourth-order valence-electron chi connectivity index (χ4n) is 2.96. The molecule has 0 amide bonds. The molecule has 3 rings (SSSR count). The van der Waals surface area contributed by atoms with Gasteiger partial charge in [0.1, 0.15) is 16.4 Å². The molecule has 0 radical (unpaired) electrons. The third-order valence-corrected chi connectivity index (χ3v) is 6.07. The van der Waals surface area contributed by atoms with Crippen molar-refractivity contribution < 1.29 is 22.8 Å². The summed E-state index contributed by atoms with van der Waals surface area (Å²) in [5, 5.41) is 15.5. The van der Waals surface area contributed by atoms with Gasteiger partial charge in [0.15, 0.2) is 0 Å². The maximum atomic E-state index is 13.1. The molecule has 0 saturated heterocycles. The third-order valence-electron chi connectivity index (χ3n) is 4.65. The van der Waals surface area contributed by atoms with Crippen LogP contribution >= 0.6 is 0 Å². The number of rotatable bonds is 9. The molecule has 172 valence electrons. The second kappa shape index (κ2) is 10.0. The number of nitro benzene ring substituents is 1. The fraction of sp³-hybridized carbons (Fsp3) is 0.136. The molecule has 0 heterocycles. The molecule has 0 atom stereocenters. The van der Waals surface area contributed by atoms with Gasteiger partial charge in [0.25, 0.3) is 15.7 Å². The summed E-state index contributed by atoms with van der Waals surface area (Å²) in [7, 11) is -1.17. The molecule has 0 fully saturated rings. The first kappa shape index (κ1) is 23.5. The lowest BCUT2D eigenvalue weighted by Crippen LogP contribution is -2.15. The maximum absolute atomic E-state index is 13.1. The first-order valence-corrected chi connectivity index (χ1v) is 11.1. The highest BCUT2D eigenvalue weighted by atomic mass is 32.2. The normalized spacial score (nSPS) is 11.5. The van der Waals surface area contributed by atoms with Gasteiger partial charge in [-0.1, -0.05) is 12.1 Å². The van der Waals surface area contributed by atoms with Crippen LogP contribution < -0.4 is 19.6 Å². The highest BCUT2D eigenvalue weighted by Crippen LogP contribution is 2.29. The zero-order chi connectivity index (χ0) is 24.0. The van der Waals surface area contributed by atoms with Crippen LogP contribution in [-0.2, 0) is 10.0 Å². The molecular weight excluding hydrogens is 448 g/mol. The Morgan fingerprint density at radius 3 is 2.33 bits per heavy atom. The van der Waals surface area contributed by atoms with Crippen LogP contribution in [0.1, 0.15) is 12.5 Å². The molecule has 0 spiro atoms. The minimum absolute atomic E-state index is 0.0656. The van der Waals surface area contributed by atoms with Gasteiger partial charge < -0.3 is 9.47 Å². The summed E-state index contributed by atoms with van der Waals surface area (Å²) in [5.74, 6) is 1.15. The standard InChI is InChI=1S/C22H22N4O6S/c1-15(19-6-4-5-7-21(19)32-3)23-24-20-13-10-17(26(27)28)14-22(20)33(29,30)25-16-8-11-18(31-2)12-9-16/h4-14,24-25H,1-3H3. The van der Waals surface area contributed by atoms with Crippen LogP contribution in [0.15, 0.2) is 76.7 Å². The number of methoxy groups -OCH3 is 2. The number of nitrogens with zero attached hydrogens (tertiary/aromatic N) is 2. The Morgan fingerprint density at radius 2 is 1.70 bits per heavy atom. The lowest BCUT2D eigenvalue weighted by atomic mass is 10.1. The summed E-state index contributed by atoms with van der Waals surface area (Å²) in [6.07, 6.45) is 0. The lowest BCUT2D eigenvalue weighted by Gasteiger charge is -2.13. The van der Waals surface area contributed by atoms with E-state index >= 15 is 0 Å². The van der Waals surface area contributed by atoms with E-state index in [0.717, 1.165) is 6.07 Å². The van der Waals surface area contributed by atoms with Crippen molar-refractivity contribution in [1.29, 1.82) is 0 Å². The van der Waals surface area contributed by atoms with E-state index in [2.05, 4.69) is 15.2 Å². The van der Waals surface area contributed by atoms with E-state index in [9.17, 15) is 18.5 Å². The minimum Gasteiger partial charge on any atom is -0.497 e. The van der Waals surface area contributed by atoms with Crippen molar-refractivity contribution in [3.8, 4) is 11.5 Å². The number of nitrogens with one attached hydrogen (secondary N) is 2. The van der Waals surface area contributed by atoms with Crippen molar-refractivity contribution in [3.63, 3.8) is 0 Å². The van der Waals surface area contributed by atoms with Crippen molar-refractivity contribution in [2.45, 2.75) is 11.8 Å². The third kappa shape index (κ3) is 5.57. The van der Waals surface area contributed by atoms with Crippen molar-refractivity contribution >= 4 is 32.8 Å². The zero-order valence-corrected chi connectivity index (χ0v) is 18.9. The summed E-state index contributed by atoms with van der Waals surface area (Å²) < 4.78 is 39.0. The van der Waals surface area contributed by atoms with E-state index in [1.807, 2.05) is 12.1 Å². The average molecular weight is 471 g/mol. The second-order valence-electron chi connectivity index (χ2n) is 6.78. The van der Waals surface area contributed by atoms with Gasteiger partial charge in [0.2, 0.25) is 0 Å². The Labute approximate surface area is 191 Å². The van der Waals surface area contributed by atoms with E-state index in [1.165, 1.54) is 38.5 Å². The molecule has 0 aliphatic rings. The van der Waals surface area contributed by atoms with E-state index in [0.29, 0.717) is 22.8 Å². The van der Waals surface area contributed by atoms with Crippen LogP contribution in [0.5, 0.6) is 11.5 Å². The number of ether oxygens (including phenoxy) is 2. The summed E-state index contributed by atoms with van der Waals surface area (Å²) >= 11 is 0. The van der Waals surface area contributed by atoms with E-state index in [1.54, 1.807) is 31.2 Å². The van der Waals surface area contributed by atoms with Crippen molar-refractivity contribution in [1.82, 2.24) is 0 Å². The topological polar surface area (TPSA) is 132 Å². The average Bonchev–Trinajstić information content (AvgIpc) is 2.82. The molecule has 3 aromatic rings. The first-order chi connectivity index (χ1) is 15.7. The zero-order valence-electron chi connectivity index (χ0n) is 18.1. The largest absolute Gasteiger partial charge is 0.497 e. The number of hydrazone groups is 1. The van der Waals surface area contributed by atoms with Crippen molar-refractivity contribution in [2.75, 3.05) is 24.4 Å². The van der Waals surface area contributed by atoms with Crippen LogP contribution in [0.25, 0.3) is 0 Å². The molecule has 11 heteroatoms. The predicted molar refractivity (Wildman–Crippen MR) is 126 cm³/mol. The monoisotopic (exact) mass is 470 g/mol. The molecule has 0 aliphatic heterocycles. The summed E-state index contributed by atoms with van der Waals surface area (Å²) in [5.41, 5.74) is 3.90. The number of hydrogen-bond donors (Lipinski definition) is 2. The molecule has 2 N–H and O–H groups in total. The number of anilines is 2. The fourth-order valence-corrected chi connectivity index (χ4v) is 4.19. The van der Waals surface area contributed by atoms with Crippen LogP contribution in [0.2, 0.25) is 0 Å². The number of sulfonamides is 1. The summed E-state index contributed by atoms with van der Waals surface area (Å²) in [6, 6.07) is 16.9. The number of nitro groups is 1. The molecule has 3 aromatic carbocycles. The van der Waals surface area contributed by atoms with E-state index in [4.69, 9.17) is 9.47 Å².